The first kappa shape index (κ1) is 15.7. The van der Waals surface area contributed by atoms with E-state index in [2.05, 4.69) is 0 Å². The second-order valence-corrected chi connectivity index (χ2v) is 17.0. The molecule has 0 spiro atoms. The molecule has 15 heavy (non-hydrogen) atoms. The molecule has 13 heteroatoms. The summed E-state index contributed by atoms with van der Waals surface area (Å²) in [6, 6.07) is 0. The molecular formula is C2CaF6O4S2. The summed E-state index contributed by atoms with van der Waals surface area (Å²) in [6.45, 7) is 0. The predicted octanol–water partition coefficient (Wildman–Crippen LogP) is 0.390. The minimum atomic E-state index is -6.16. The van der Waals surface area contributed by atoms with Crippen LogP contribution in [0.5, 0.6) is 0 Å². The second kappa shape index (κ2) is 4.20. The average Bonchev–Trinajstić information content (AvgIpc) is 1.77. The van der Waals surface area contributed by atoms with Crippen molar-refractivity contribution in [1.82, 2.24) is 0 Å². The van der Waals surface area contributed by atoms with Crippen molar-refractivity contribution in [2.24, 2.45) is 0 Å². The van der Waals surface area contributed by atoms with Crippen molar-refractivity contribution in [2.45, 2.75) is 11.0 Å². The molecule has 0 aliphatic heterocycles. The second-order valence-electron chi connectivity index (χ2n) is 2.24. The summed E-state index contributed by atoms with van der Waals surface area (Å²) in [6.07, 6.45) is 0. The van der Waals surface area contributed by atoms with Crippen LogP contribution in [0.1, 0.15) is 0 Å². The Morgan fingerprint density at radius 2 is 0.867 bits per heavy atom. The van der Waals surface area contributed by atoms with Crippen LogP contribution in [0.2, 0.25) is 0 Å². The fraction of sp³-hybridized carbons (Fsp3) is 1.00. The van der Waals surface area contributed by atoms with Crippen molar-refractivity contribution in [3.8, 4) is 0 Å². The molecule has 0 rings (SSSR count). The Morgan fingerprint density at radius 3 is 1.00 bits per heavy atom. The zero-order valence-electron chi connectivity index (χ0n) is 6.42. The summed E-state index contributed by atoms with van der Waals surface area (Å²) in [5, 5.41) is 0. The van der Waals surface area contributed by atoms with Crippen LogP contribution in [0.15, 0.2) is 0 Å². The monoisotopic (exact) mass is 306 g/mol. The van der Waals surface area contributed by atoms with Gasteiger partial charge in [-0.25, -0.2) is 0 Å². The van der Waals surface area contributed by atoms with Gasteiger partial charge in [0.25, 0.3) is 0 Å². The van der Waals surface area contributed by atoms with Crippen LogP contribution in [0.4, 0.5) is 26.3 Å². The molecule has 4 nitrogen and oxygen atoms in total. The molecule has 0 atom stereocenters. The third-order valence-corrected chi connectivity index (χ3v) is 16.7. The van der Waals surface area contributed by atoms with Gasteiger partial charge in [-0.2, -0.15) is 0 Å². The summed E-state index contributed by atoms with van der Waals surface area (Å²) >= 11 is -4.94. The molecule has 0 N–H and O–H groups in total. The van der Waals surface area contributed by atoms with Crippen molar-refractivity contribution in [3.05, 3.63) is 0 Å². The molecular weight excluding hydrogens is 306 g/mol. The molecule has 0 fully saturated rings. The Labute approximate surface area is 92.3 Å². The van der Waals surface area contributed by atoms with Gasteiger partial charge in [0.1, 0.15) is 0 Å². The Bertz CT molecular complexity index is 385. The Kier molecular flexibility index (Phi) is 4.41. The van der Waals surface area contributed by atoms with Crippen molar-refractivity contribution in [3.63, 3.8) is 0 Å². The third-order valence-electron chi connectivity index (χ3n) is 1.02. The number of alkyl halides is 6. The van der Waals surface area contributed by atoms with Crippen LogP contribution in [-0.2, 0) is 8.74 Å². The van der Waals surface area contributed by atoms with Crippen LogP contribution in [-0.4, -0.2) is 58.0 Å². The van der Waals surface area contributed by atoms with Gasteiger partial charge in [-0.05, 0) is 0 Å². The van der Waals surface area contributed by atoms with Crippen molar-refractivity contribution >= 4 is 38.9 Å². The van der Waals surface area contributed by atoms with Crippen LogP contribution in [0, 0.1) is 0 Å². The molecule has 0 saturated heterocycles. The third kappa shape index (κ3) is 3.91. The van der Waals surface area contributed by atoms with Crippen molar-refractivity contribution in [2.75, 3.05) is 0 Å². The summed E-state index contributed by atoms with van der Waals surface area (Å²) in [5.41, 5.74) is -11.9. The summed E-state index contributed by atoms with van der Waals surface area (Å²) in [5.74, 6) is 0. The Morgan fingerprint density at radius 1 is 0.667 bits per heavy atom. The van der Waals surface area contributed by atoms with E-state index < -0.39 is 49.9 Å². The summed E-state index contributed by atoms with van der Waals surface area (Å²) < 4.78 is 97.9. The van der Waals surface area contributed by atoms with Gasteiger partial charge in [-0.15, -0.1) is 0 Å². The maximum absolute atomic E-state index is 11.6. The van der Waals surface area contributed by atoms with Crippen molar-refractivity contribution in [1.29, 1.82) is 0 Å². The van der Waals surface area contributed by atoms with E-state index in [9.17, 15) is 43.2 Å². The quantitative estimate of drug-likeness (QED) is 0.547. The first-order chi connectivity index (χ1) is 6.21. The molecule has 0 aromatic heterocycles. The zero-order chi connectivity index (χ0) is 12.7. The van der Waals surface area contributed by atoms with E-state index in [1.807, 2.05) is 0 Å². The van der Waals surface area contributed by atoms with Gasteiger partial charge >= 0.3 is 93.1 Å². The van der Waals surface area contributed by atoms with E-state index >= 15 is 0 Å². The fourth-order valence-corrected chi connectivity index (χ4v) is 12.5. The molecule has 0 aliphatic carbocycles. The summed E-state index contributed by atoms with van der Waals surface area (Å²) in [4.78, 5) is 0. The molecule has 0 unspecified atom stereocenters. The molecule has 0 bridgehead atoms. The fourth-order valence-electron chi connectivity index (χ4n) is 0.338. The Hall–Kier alpha value is 0.740. The van der Waals surface area contributed by atoms with E-state index in [4.69, 9.17) is 0 Å². The molecule has 0 aliphatic rings. The van der Waals surface area contributed by atoms with Gasteiger partial charge in [-0.1, -0.05) is 0 Å². The zero-order valence-corrected chi connectivity index (χ0v) is 10.3. The number of hydrogen-bond donors (Lipinski definition) is 0. The van der Waals surface area contributed by atoms with Crippen molar-refractivity contribution < 1.29 is 43.2 Å². The molecule has 0 aromatic rings. The normalized spacial score (nSPS) is 14.8. The van der Waals surface area contributed by atoms with Gasteiger partial charge in [0.2, 0.25) is 0 Å². The molecule has 0 aromatic carbocycles. The van der Waals surface area contributed by atoms with Gasteiger partial charge in [0.05, 0.1) is 0 Å². The van der Waals surface area contributed by atoms with E-state index in [1.165, 1.54) is 0 Å². The van der Waals surface area contributed by atoms with Gasteiger partial charge in [0.15, 0.2) is 0 Å². The molecule has 88 valence electrons. The van der Waals surface area contributed by atoms with Crippen LogP contribution in [0.3, 0.4) is 0 Å². The van der Waals surface area contributed by atoms with Gasteiger partial charge < -0.3 is 0 Å². The Balaban J connectivity index is 5.28. The molecule has 0 radical (unpaired) electrons. The number of halogens is 6. The topological polar surface area (TPSA) is 68.3 Å². The predicted molar refractivity (Wildman–Crippen MR) is 35.7 cm³/mol. The first-order valence-electron chi connectivity index (χ1n) is 2.79. The average molecular weight is 306 g/mol. The maximum atomic E-state index is 11.6. The first-order valence-corrected chi connectivity index (χ1v) is 11.5. The van der Waals surface area contributed by atoms with E-state index in [0.29, 0.717) is 0 Å². The van der Waals surface area contributed by atoms with E-state index in [1.54, 1.807) is 0 Å². The minimum absolute atomic E-state index is 4.94. The standard InChI is InChI=1S/2CF3O2S.Ca/c2*2-1(3,4)7(5)6;. The van der Waals surface area contributed by atoms with Crippen LogP contribution >= 0.6 is 0 Å². The molecule has 0 amide bonds. The van der Waals surface area contributed by atoms with E-state index in [-0.39, 0.29) is 0 Å². The van der Waals surface area contributed by atoms with Gasteiger partial charge in [-0.3, -0.25) is 0 Å². The number of rotatable bonds is 2. The molecule has 0 heterocycles. The molecule has 0 saturated carbocycles. The van der Waals surface area contributed by atoms with Crippen LogP contribution < -0.4 is 0 Å². The summed E-state index contributed by atoms with van der Waals surface area (Å²) in [7, 11) is 0. The SMILES string of the molecule is O=[S](=O)([Ca][S](=O)(=O)C(F)(F)F)C(F)(F)F. The van der Waals surface area contributed by atoms with Gasteiger partial charge in [0, 0.05) is 0 Å². The van der Waals surface area contributed by atoms with E-state index in [0.717, 1.165) is 0 Å². The number of hydrogen-bond acceptors (Lipinski definition) is 4. The van der Waals surface area contributed by atoms with Crippen LogP contribution in [0.25, 0.3) is 0 Å².